The molecule has 4 nitrogen and oxygen atoms in total. The van der Waals surface area contributed by atoms with Gasteiger partial charge in [0.25, 0.3) is 0 Å². The summed E-state index contributed by atoms with van der Waals surface area (Å²) < 4.78 is 4.58. The molecule has 1 unspecified atom stereocenters. The van der Waals surface area contributed by atoms with E-state index in [1.807, 2.05) is 6.92 Å². The van der Waals surface area contributed by atoms with Crippen LogP contribution in [0.4, 0.5) is 0 Å². The van der Waals surface area contributed by atoms with Crippen molar-refractivity contribution in [3.63, 3.8) is 0 Å². The average molecular weight is 245 g/mol. The number of amides is 1. The van der Waals surface area contributed by atoms with Crippen molar-refractivity contribution in [2.24, 2.45) is 0 Å². The van der Waals surface area contributed by atoms with Crippen molar-refractivity contribution >= 4 is 23.6 Å². The number of hydrogen-bond donors (Lipinski definition) is 1. The molecule has 0 bridgehead atoms. The molecule has 5 heteroatoms. The van der Waals surface area contributed by atoms with Gasteiger partial charge in [-0.3, -0.25) is 9.59 Å². The third-order valence-corrected chi connectivity index (χ3v) is 3.53. The summed E-state index contributed by atoms with van der Waals surface area (Å²) in [4.78, 5) is 22.3. The van der Waals surface area contributed by atoms with E-state index in [2.05, 4.69) is 10.1 Å². The first-order valence-electron chi connectivity index (χ1n) is 5.59. The largest absolute Gasteiger partial charge is 0.469 e. The van der Waals surface area contributed by atoms with Gasteiger partial charge in [-0.2, -0.15) is 11.8 Å². The standard InChI is InChI=1S/C11H19NO3S/c1-8(7-11(14)15-2)16-6-5-10(13)12-9-3-4-9/h8-9H,3-7H2,1-2H3,(H,12,13). The lowest BCUT2D eigenvalue weighted by Gasteiger charge is -2.09. The smallest absolute Gasteiger partial charge is 0.306 e. The molecule has 0 aromatic rings. The van der Waals surface area contributed by atoms with Gasteiger partial charge < -0.3 is 10.1 Å². The summed E-state index contributed by atoms with van der Waals surface area (Å²) in [7, 11) is 1.39. The minimum atomic E-state index is -0.192. The van der Waals surface area contributed by atoms with Crippen molar-refractivity contribution in [3.05, 3.63) is 0 Å². The van der Waals surface area contributed by atoms with Gasteiger partial charge in [0, 0.05) is 23.5 Å². The summed E-state index contributed by atoms with van der Waals surface area (Å²) in [5.74, 6) is 0.694. The van der Waals surface area contributed by atoms with Crippen molar-refractivity contribution < 1.29 is 14.3 Å². The Kier molecular flexibility index (Phi) is 5.66. The molecule has 1 aliphatic rings. The molecule has 1 fully saturated rings. The predicted molar refractivity (Wildman–Crippen MR) is 64.3 cm³/mol. The summed E-state index contributed by atoms with van der Waals surface area (Å²) >= 11 is 1.63. The van der Waals surface area contributed by atoms with Crippen LogP contribution in [0.5, 0.6) is 0 Å². The lowest BCUT2D eigenvalue weighted by molar-refractivity contribution is -0.140. The first-order chi connectivity index (χ1) is 7.61. The zero-order valence-electron chi connectivity index (χ0n) is 9.82. The summed E-state index contributed by atoms with van der Waals surface area (Å²) in [6, 6.07) is 0.435. The number of hydrogen-bond acceptors (Lipinski definition) is 4. The average Bonchev–Trinajstić information content (AvgIpc) is 3.01. The molecule has 92 valence electrons. The molecule has 0 aromatic heterocycles. The molecule has 0 heterocycles. The van der Waals surface area contributed by atoms with Crippen LogP contribution in [0.25, 0.3) is 0 Å². The van der Waals surface area contributed by atoms with Crippen LogP contribution in [-0.2, 0) is 14.3 Å². The molecule has 1 N–H and O–H groups in total. The van der Waals surface area contributed by atoms with E-state index in [-0.39, 0.29) is 17.1 Å². The second-order valence-electron chi connectivity index (χ2n) is 4.05. The van der Waals surface area contributed by atoms with Crippen LogP contribution in [0.15, 0.2) is 0 Å². The Morgan fingerprint density at radius 1 is 1.50 bits per heavy atom. The number of esters is 1. The zero-order valence-corrected chi connectivity index (χ0v) is 10.6. The number of ether oxygens (including phenoxy) is 1. The van der Waals surface area contributed by atoms with Crippen LogP contribution in [0.1, 0.15) is 32.6 Å². The van der Waals surface area contributed by atoms with Crippen molar-refractivity contribution in [2.75, 3.05) is 12.9 Å². The van der Waals surface area contributed by atoms with Crippen molar-refractivity contribution in [1.82, 2.24) is 5.32 Å². The van der Waals surface area contributed by atoms with Crippen LogP contribution in [0, 0.1) is 0 Å². The quantitative estimate of drug-likeness (QED) is 0.688. The molecule has 0 saturated heterocycles. The number of carbonyl (C=O) groups excluding carboxylic acids is 2. The Morgan fingerprint density at radius 2 is 2.19 bits per heavy atom. The van der Waals surface area contributed by atoms with E-state index in [0.29, 0.717) is 18.9 Å². The van der Waals surface area contributed by atoms with Gasteiger partial charge >= 0.3 is 5.97 Å². The maximum atomic E-state index is 11.3. The Hall–Kier alpha value is -0.710. The van der Waals surface area contributed by atoms with Crippen LogP contribution in [-0.4, -0.2) is 36.0 Å². The van der Waals surface area contributed by atoms with Crippen LogP contribution in [0.3, 0.4) is 0 Å². The van der Waals surface area contributed by atoms with Gasteiger partial charge in [0.15, 0.2) is 0 Å². The minimum Gasteiger partial charge on any atom is -0.469 e. The Bertz CT molecular complexity index is 254. The lowest BCUT2D eigenvalue weighted by Crippen LogP contribution is -2.25. The number of methoxy groups -OCH3 is 1. The number of rotatable bonds is 7. The molecular formula is C11H19NO3S. The topological polar surface area (TPSA) is 55.4 Å². The molecule has 16 heavy (non-hydrogen) atoms. The van der Waals surface area contributed by atoms with E-state index < -0.39 is 0 Å². The maximum Gasteiger partial charge on any atom is 0.306 e. The normalized spacial score (nSPS) is 16.6. The molecule has 1 saturated carbocycles. The molecule has 0 spiro atoms. The van der Waals surface area contributed by atoms with Crippen LogP contribution in [0.2, 0.25) is 0 Å². The fourth-order valence-corrected chi connectivity index (χ4v) is 2.22. The number of thioether (sulfide) groups is 1. The summed E-state index contributed by atoms with van der Waals surface area (Å²) in [5.41, 5.74) is 0. The molecule has 1 rings (SSSR count). The SMILES string of the molecule is COC(=O)CC(C)SCCC(=O)NC1CC1. The van der Waals surface area contributed by atoms with Crippen molar-refractivity contribution in [3.8, 4) is 0 Å². The fourth-order valence-electron chi connectivity index (χ4n) is 1.26. The fraction of sp³-hybridized carbons (Fsp3) is 0.818. The van der Waals surface area contributed by atoms with Gasteiger partial charge in [0.2, 0.25) is 5.91 Å². The monoisotopic (exact) mass is 245 g/mol. The first-order valence-corrected chi connectivity index (χ1v) is 6.64. The van der Waals surface area contributed by atoms with E-state index >= 15 is 0 Å². The van der Waals surface area contributed by atoms with Crippen molar-refractivity contribution in [2.45, 2.75) is 43.9 Å². The lowest BCUT2D eigenvalue weighted by atomic mass is 10.3. The third kappa shape index (κ3) is 6.00. The van der Waals surface area contributed by atoms with Crippen LogP contribution >= 0.6 is 11.8 Å². The highest BCUT2D eigenvalue weighted by molar-refractivity contribution is 7.99. The summed E-state index contributed by atoms with van der Waals surface area (Å²) in [6.07, 6.45) is 3.19. The Balaban J connectivity index is 2.00. The summed E-state index contributed by atoms with van der Waals surface area (Å²) in [6.45, 7) is 1.97. The third-order valence-electron chi connectivity index (χ3n) is 2.36. The van der Waals surface area contributed by atoms with Gasteiger partial charge in [0.1, 0.15) is 0 Å². The summed E-state index contributed by atoms with van der Waals surface area (Å²) in [5, 5.41) is 3.15. The highest BCUT2D eigenvalue weighted by Gasteiger charge is 2.22. The first kappa shape index (κ1) is 13.4. The van der Waals surface area contributed by atoms with Gasteiger partial charge in [-0.05, 0) is 12.8 Å². The van der Waals surface area contributed by atoms with E-state index in [4.69, 9.17) is 0 Å². The van der Waals surface area contributed by atoms with E-state index in [0.717, 1.165) is 18.6 Å². The molecule has 0 radical (unpaired) electrons. The van der Waals surface area contributed by atoms with E-state index in [1.54, 1.807) is 11.8 Å². The van der Waals surface area contributed by atoms with Crippen LogP contribution < -0.4 is 5.32 Å². The Labute approximate surface area is 100 Å². The van der Waals surface area contributed by atoms with Crippen molar-refractivity contribution in [1.29, 1.82) is 0 Å². The molecular weight excluding hydrogens is 226 g/mol. The molecule has 0 aliphatic heterocycles. The molecule has 0 aromatic carbocycles. The molecule has 1 atom stereocenters. The van der Waals surface area contributed by atoms with Gasteiger partial charge in [-0.15, -0.1) is 0 Å². The van der Waals surface area contributed by atoms with Gasteiger partial charge in [0.05, 0.1) is 13.5 Å². The highest BCUT2D eigenvalue weighted by atomic mass is 32.2. The highest BCUT2D eigenvalue weighted by Crippen LogP contribution is 2.19. The Morgan fingerprint density at radius 3 is 2.75 bits per heavy atom. The predicted octanol–water partition coefficient (Wildman–Crippen LogP) is 1.34. The number of carbonyl (C=O) groups is 2. The maximum absolute atomic E-state index is 11.3. The second-order valence-corrected chi connectivity index (χ2v) is 5.60. The van der Waals surface area contributed by atoms with Gasteiger partial charge in [-0.25, -0.2) is 0 Å². The molecule has 1 aliphatic carbocycles. The second kappa shape index (κ2) is 6.78. The van der Waals surface area contributed by atoms with Gasteiger partial charge in [-0.1, -0.05) is 6.92 Å². The van der Waals surface area contributed by atoms with E-state index in [9.17, 15) is 9.59 Å². The zero-order chi connectivity index (χ0) is 12.0. The number of nitrogens with one attached hydrogen (secondary N) is 1. The minimum absolute atomic E-state index is 0.125. The van der Waals surface area contributed by atoms with E-state index in [1.165, 1.54) is 7.11 Å². The molecule has 1 amide bonds.